The maximum Gasteiger partial charge on any atom is 0.329 e. The number of benzene rings is 2. The highest BCUT2D eigenvalue weighted by Crippen LogP contribution is 2.38. The third-order valence-corrected chi connectivity index (χ3v) is 6.39. The molecule has 0 atom stereocenters. The van der Waals surface area contributed by atoms with Crippen molar-refractivity contribution in [2.45, 2.75) is 50.0 Å². The molecule has 0 aliphatic heterocycles. The number of aliphatic carboxylic acids is 1. The molecule has 1 fully saturated rings. The lowest BCUT2D eigenvalue weighted by Crippen LogP contribution is -2.56. The lowest BCUT2D eigenvalue weighted by Gasteiger charge is -2.37. The van der Waals surface area contributed by atoms with Gasteiger partial charge in [0.15, 0.2) is 11.7 Å². The number of ether oxygens (including phenoxy) is 1. The first kappa shape index (κ1) is 22.6. The monoisotopic (exact) mass is 448 g/mol. The van der Waals surface area contributed by atoms with Crippen LogP contribution in [0.15, 0.2) is 65.2 Å². The van der Waals surface area contributed by atoms with Crippen LogP contribution in [0.1, 0.15) is 49.5 Å². The molecule has 7 heteroatoms. The molecule has 0 unspecified atom stereocenters. The van der Waals surface area contributed by atoms with Gasteiger partial charge in [-0.05, 0) is 61.4 Å². The second kappa shape index (κ2) is 9.90. The molecule has 2 aromatic carbocycles. The minimum absolute atomic E-state index is 0.111. The molecule has 172 valence electrons. The van der Waals surface area contributed by atoms with Gasteiger partial charge in [-0.25, -0.2) is 9.78 Å². The molecule has 1 amide bonds. The van der Waals surface area contributed by atoms with E-state index in [4.69, 9.17) is 9.15 Å². The highest BCUT2D eigenvalue weighted by atomic mass is 16.5. The Hall–Kier alpha value is -3.61. The fourth-order valence-electron chi connectivity index (χ4n) is 4.43. The fourth-order valence-corrected chi connectivity index (χ4v) is 4.43. The van der Waals surface area contributed by atoms with Gasteiger partial charge in [0.25, 0.3) is 0 Å². The van der Waals surface area contributed by atoms with Crippen molar-refractivity contribution in [2.75, 3.05) is 7.11 Å². The summed E-state index contributed by atoms with van der Waals surface area (Å²) in [5.41, 5.74) is 0.867. The Morgan fingerprint density at radius 1 is 1.12 bits per heavy atom. The predicted molar refractivity (Wildman–Crippen MR) is 123 cm³/mol. The molecule has 1 saturated carbocycles. The van der Waals surface area contributed by atoms with Crippen LogP contribution in [0, 0.1) is 0 Å². The largest absolute Gasteiger partial charge is 0.497 e. The van der Waals surface area contributed by atoms with E-state index in [0.29, 0.717) is 36.8 Å². The van der Waals surface area contributed by atoms with Crippen molar-refractivity contribution in [3.8, 4) is 17.1 Å². The van der Waals surface area contributed by atoms with Crippen LogP contribution in [0.3, 0.4) is 0 Å². The van der Waals surface area contributed by atoms with Crippen LogP contribution < -0.4 is 10.1 Å². The molecule has 0 radical (unpaired) electrons. The van der Waals surface area contributed by atoms with Gasteiger partial charge in [-0.3, -0.25) is 4.79 Å². The van der Waals surface area contributed by atoms with Gasteiger partial charge in [-0.15, -0.1) is 0 Å². The van der Waals surface area contributed by atoms with Crippen LogP contribution in [0.4, 0.5) is 0 Å². The minimum Gasteiger partial charge on any atom is -0.497 e. The van der Waals surface area contributed by atoms with Gasteiger partial charge in [-0.2, -0.15) is 0 Å². The SMILES string of the molecule is COc1ccc(-c2cnc(CCC(=O)NC3(C(=O)O)CCC(c4ccccc4)CC3)o2)cc1. The number of amides is 1. The number of aromatic nitrogens is 1. The van der Waals surface area contributed by atoms with Gasteiger partial charge >= 0.3 is 5.97 Å². The molecule has 1 aromatic heterocycles. The van der Waals surface area contributed by atoms with Crippen LogP contribution in [-0.4, -0.2) is 34.6 Å². The molecule has 33 heavy (non-hydrogen) atoms. The van der Waals surface area contributed by atoms with Crippen LogP contribution in [0.2, 0.25) is 0 Å². The summed E-state index contributed by atoms with van der Waals surface area (Å²) < 4.78 is 10.9. The summed E-state index contributed by atoms with van der Waals surface area (Å²) in [5.74, 6) is 0.835. The van der Waals surface area contributed by atoms with Crippen molar-refractivity contribution in [2.24, 2.45) is 0 Å². The number of carboxylic acid groups (broad SMARTS) is 1. The molecule has 7 nitrogen and oxygen atoms in total. The zero-order valence-electron chi connectivity index (χ0n) is 18.6. The number of carbonyl (C=O) groups excluding carboxylic acids is 1. The van der Waals surface area contributed by atoms with E-state index in [0.717, 1.165) is 24.2 Å². The maximum atomic E-state index is 12.6. The lowest BCUT2D eigenvalue weighted by atomic mass is 9.74. The smallest absolute Gasteiger partial charge is 0.329 e. The quantitative estimate of drug-likeness (QED) is 0.523. The van der Waals surface area contributed by atoms with Crippen molar-refractivity contribution in [1.29, 1.82) is 0 Å². The van der Waals surface area contributed by atoms with Gasteiger partial charge in [0.1, 0.15) is 11.3 Å². The van der Waals surface area contributed by atoms with E-state index in [1.807, 2.05) is 42.5 Å². The zero-order valence-corrected chi connectivity index (χ0v) is 18.6. The Balaban J connectivity index is 1.33. The van der Waals surface area contributed by atoms with Gasteiger partial charge in [0.05, 0.1) is 13.3 Å². The second-order valence-electron chi connectivity index (χ2n) is 8.47. The zero-order chi connectivity index (χ0) is 23.3. The fraction of sp³-hybridized carbons (Fsp3) is 0.346. The summed E-state index contributed by atoms with van der Waals surface area (Å²) in [7, 11) is 1.61. The summed E-state index contributed by atoms with van der Waals surface area (Å²) in [4.78, 5) is 29.0. The minimum atomic E-state index is -1.22. The Morgan fingerprint density at radius 3 is 2.45 bits per heavy atom. The highest BCUT2D eigenvalue weighted by Gasteiger charge is 2.43. The average Bonchev–Trinajstić information content (AvgIpc) is 3.33. The molecular formula is C26H28N2O5. The summed E-state index contributed by atoms with van der Waals surface area (Å²) >= 11 is 0. The van der Waals surface area contributed by atoms with E-state index in [1.165, 1.54) is 5.56 Å². The lowest BCUT2D eigenvalue weighted by molar-refractivity contribution is -0.149. The summed E-state index contributed by atoms with van der Waals surface area (Å²) in [6.07, 6.45) is 4.30. The molecule has 0 spiro atoms. The van der Waals surface area contributed by atoms with Crippen molar-refractivity contribution < 1.29 is 23.8 Å². The molecule has 0 bridgehead atoms. The molecule has 1 aliphatic carbocycles. The van der Waals surface area contributed by atoms with Gasteiger partial charge < -0.3 is 19.6 Å². The van der Waals surface area contributed by atoms with Crippen LogP contribution >= 0.6 is 0 Å². The standard InChI is InChI=1S/C26H28N2O5/c1-32-21-9-7-20(8-10-21)22-17-27-24(33-22)12-11-23(29)28-26(25(30)31)15-13-19(14-16-26)18-5-3-2-4-6-18/h2-10,17,19H,11-16H2,1H3,(H,28,29)(H,30,31). The Morgan fingerprint density at radius 2 is 1.82 bits per heavy atom. The van der Waals surface area contributed by atoms with E-state index in [1.54, 1.807) is 13.3 Å². The van der Waals surface area contributed by atoms with E-state index in [-0.39, 0.29) is 12.3 Å². The van der Waals surface area contributed by atoms with E-state index >= 15 is 0 Å². The maximum absolute atomic E-state index is 12.6. The first-order chi connectivity index (χ1) is 16.0. The number of oxazole rings is 1. The number of nitrogens with zero attached hydrogens (tertiary/aromatic N) is 1. The average molecular weight is 449 g/mol. The van der Waals surface area contributed by atoms with Crippen molar-refractivity contribution >= 4 is 11.9 Å². The first-order valence-electron chi connectivity index (χ1n) is 11.2. The third-order valence-electron chi connectivity index (χ3n) is 6.39. The summed E-state index contributed by atoms with van der Waals surface area (Å²) in [5, 5.41) is 12.7. The van der Waals surface area contributed by atoms with Crippen LogP contribution in [0.5, 0.6) is 5.75 Å². The number of carbonyl (C=O) groups is 2. The molecule has 0 saturated heterocycles. The van der Waals surface area contributed by atoms with Crippen LogP contribution in [-0.2, 0) is 16.0 Å². The van der Waals surface area contributed by atoms with E-state index in [9.17, 15) is 14.7 Å². The predicted octanol–water partition coefficient (Wildman–Crippen LogP) is 4.58. The van der Waals surface area contributed by atoms with Gasteiger partial charge in [0, 0.05) is 18.4 Å². The number of carboxylic acids is 1. The normalized spacial score (nSPS) is 20.2. The van der Waals surface area contributed by atoms with E-state index in [2.05, 4.69) is 22.4 Å². The molecule has 1 heterocycles. The number of hydrogen-bond acceptors (Lipinski definition) is 5. The number of nitrogens with one attached hydrogen (secondary N) is 1. The number of rotatable bonds is 8. The summed E-state index contributed by atoms with van der Waals surface area (Å²) in [6, 6.07) is 17.5. The molecule has 4 rings (SSSR count). The molecule has 1 aliphatic rings. The Kier molecular flexibility index (Phi) is 6.77. The van der Waals surface area contributed by atoms with Crippen molar-refractivity contribution in [3.05, 3.63) is 72.2 Å². The van der Waals surface area contributed by atoms with Crippen molar-refractivity contribution in [3.63, 3.8) is 0 Å². The highest BCUT2D eigenvalue weighted by molar-refractivity contribution is 5.87. The first-order valence-corrected chi connectivity index (χ1v) is 11.2. The van der Waals surface area contributed by atoms with Gasteiger partial charge in [0.2, 0.25) is 5.91 Å². The van der Waals surface area contributed by atoms with Crippen LogP contribution in [0.25, 0.3) is 11.3 Å². The second-order valence-corrected chi connectivity index (χ2v) is 8.47. The van der Waals surface area contributed by atoms with Crippen molar-refractivity contribution in [1.82, 2.24) is 10.3 Å². The molecular weight excluding hydrogens is 420 g/mol. The third kappa shape index (κ3) is 5.25. The number of aryl methyl sites for hydroxylation is 1. The number of hydrogen-bond donors (Lipinski definition) is 2. The Labute approximate surface area is 192 Å². The van der Waals surface area contributed by atoms with E-state index < -0.39 is 11.5 Å². The number of methoxy groups -OCH3 is 1. The van der Waals surface area contributed by atoms with Gasteiger partial charge in [-0.1, -0.05) is 30.3 Å². The Bertz CT molecular complexity index is 1080. The summed E-state index contributed by atoms with van der Waals surface area (Å²) in [6.45, 7) is 0. The molecule has 3 aromatic rings. The molecule has 2 N–H and O–H groups in total. The topological polar surface area (TPSA) is 102 Å².